The number of anilines is 1. The molecule has 2 atom stereocenters. The van der Waals surface area contributed by atoms with E-state index < -0.39 is 0 Å². The maximum absolute atomic E-state index is 12.7. The molecule has 1 N–H and O–H groups in total. The van der Waals surface area contributed by atoms with Gasteiger partial charge in [0.1, 0.15) is 11.5 Å². The van der Waals surface area contributed by atoms with Gasteiger partial charge in [0.2, 0.25) is 11.8 Å². The second kappa shape index (κ2) is 8.12. The lowest BCUT2D eigenvalue weighted by atomic mass is 10.1. The molecule has 2 aromatic rings. The summed E-state index contributed by atoms with van der Waals surface area (Å²) < 4.78 is 10.5. The molecule has 3 rings (SSSR count). The van der Waals surface area contributed by atoms with Crippen LogP contribution in [0.1, 0.15) is 24.9 Å². The Balaban J connectivity index is 1.69. The van der Waals surface area contributed by atoms with Crippen LogP contribution in [0.15, 0.2) is 48.5 Å². The topological polar surface area (TPSA) is 67.9 Å². The van der Waals surface area contributed by atoms with Crippen LogP contribution in [0, 0.1) is 5.92 Å². The van der Waals surface area contributed by atoms with Gasteiger partial charge in [0.05, 0.1) is 26.2 Å². The Kier molecular flexibility index (Phi) is 5.64. The van der Waals surface area contributed by atoms with Gasteiger partial charge in [0, 0.05) is 36.9 Å². The van der Waals surface area contributed by atoms with Crippen molar-refractivity contribution in [1.82, 2.24) is 4.90 Å². The van der Waals surface area contributed by atoms with E-state index in [4.69, 9.17) is 9.47 Å². The van der Waals surface area contributed by atoms with Gasteiger partial charge in [-0.15, -0.1) is 0 Å². The van der Waals surface area contributed by atoms with Crippen molar-refractivity contribution in [3.05, 3.63) is 54.1 Å². The SMILES string of the molecule is COc1cc(NC(=O)[C@@H]2CC(=O)N([C@H](C)c3ccccc3)C2)cc(OC)c1. The third-order valence-electron chi connectivity index (χ3n) is 4.90. The van der Waals surface area contributed by atoms with Crippen molar-refractivity contribution in [1.29, 1.82) is 0 Å². The molecule has 6 heteroatoms. The summed E-state index contributed by atoms with van der Waals surface area (Å²) in [5, 5.41) is 2.88. The summed E-state index contributed by atoms with van der Waals surface area (Å²) in [7, 11) is 3.11. The van der Waals surface area contributed by atoms with Crippen LogP contribution in [-0.2, 0) is 9.59 Å². The van der Waals surface area contributed by atoms with Crippen molar-refractivity contribution < 1.29 is 19.1 Å². The van der Waals surface area contributed by atoms with E-state index in [0.29, 0.717) is 23.7 Å². The smallest absolute Gasteiger partial charge is 0.229 e. The van der Waals surface area contributed by atoms with Crippen LogP contribution in [0.3, 0.4) is 0 Å². The number of hydrogen-bond acceptors (Lipinski definition) is 4. The quantitative estimate of drug-likeness (QED) is 0.850. The Morgan fingerprint density at radius 3 is 2.33 bits per heavy atom. The highest BCUT2D eigenvalue weighted by Crippen LogP contribution is 2.30. The molecule has 2 aromatic carbocycles. The lowest BCUT2D eigenvalue weighted by Crippen LogP contribution is -2.30. The molecule has 1 fully saturated rings. The molecule has 1 aliphatic heterocycles. The number of benzene rings is 2. The van der Waals surface area contributed by atoms with Gasteiger partial charge in [0.25, 0.3) is 0 Å². The van der Waals surface area contributed by atoms with Crippen molar-refractivity contribution in [3.8, 4) is 11.5 Å². The molecule has 0 unspecified atom stereocenters. The Bertz CT molecular complexity index is 800. The predicted molar refractivity (Wildman–Crippen MR) is 103 cm³/mol. The molecule has 0 aliphatic carbocycles. The molecule has 1 heterocycles. The second-order valence-electron chi connectivity index (χ2n) is 6.62. The number of rotatable bonds is 6. The Morgan fingerprint density at radius 2 is 1.74 bits per heavy atom. The number of methoxy groups -OCH3 is 2. The van der Waals surface area contributed by atoms with Crippen LogP contribution < -0.4 is 14.8 Å². The van der Waals surface area contributed by atoms with E-state index in [9.17, 15) is 9.59 Å². The first-order valence-corrected chi connectivity index (χ1v) is 8.90. The Labute approximate surface area is 159 Å². The molecule has 0 aromatic heterocycles. The van der Waals surface area contributed by atoms with Crippen LogP contribution in [0.2, 0.25) is 0 Å². The number of hydrogen-bond donors (Lipinski definition) is 1. The molecule has 142 valence electrons. The first kappa shape index (κ1) is 18.8. The fraction of sp³-hybridized carbons (Fsp3) is 0.333. The standard InChI is InChI=1S/C21H24N2O4/c1-14(15-7-5-4-6-8-15)23-13-16(9-20(23)24)21(25)22-17-10-18(26-2)12-19(11-17)27-3/h4-8,10-12,14,16H,9,13H2,1-3H3,(H,22,25)/t14-,16-/m1/s1. The minimum absolute atomic E-state index is 0.00488. The van der Waals surface area contributed by atoms with E-state index in [0.717, 1.165) is 5.56 Å². The highest BCUT2D eigenvalue weighted by atomic mass is 16.5. The molecular weight excluding hydrogens is 344 g/mol. The zero-order valence-corrected chi connectivity index (χ0v) is 15.8. The molecule has 0 saturated carbocycles. The molecule has 1 aliphatic rings. The lowest BCUT2D eigenvalue weighted by Gasteiger charge is -2.25. The molecule has 6 nitrogen and oxygen atoms in total. The number of nitrogens with zero attached hydrogens (tertiary/aromatic N) is 1. The molecular formula is C21H24N2O4. The molecule has 27 heavy (non-hydrogen) atoms. The van der Waals surface area contributed by atoms with E-state index in [1.54, 1.807) is 37.3 Å². The van der Waals surface area contributed by atoms with Crippen LogP contribution >= 0.6 is 0 Å². The average Bonchev–Trinajstić information content (AvgIpc) is 3.09. The van der Waals surface area contributed by atoms with Gasteiger partial charge in [-0.1, -0.05) is 30.3 Å². The molecule has 1 saturated heterocycles. The number of likely N-dealkylation sites (tertiary alicyclic amines) is 1. The molecule has 0 bridgehead atoms. The normalized spacial score (nSPS) is 17.5. The van der Waals surface area contributed by atoms with Crippen molar-refractivity contribution in [2.75, 3.05) is 26.1 Å². The number of nitrogens with one attached hydrogen (secondary N) is 1. The van der Waals surface area contributed by atoms with Gasteiger partial charge >= 0.3 is 0 Å². The number of carbonyl (C=O) groups is 2. The van der Waals surface area contributed by atoms with Crippen molar-refractivity contribution in [2.24, 2.45) is 5.92 Å². The van der Waals surface area contributed by atoms with Gasteiger partial charge in [-0.2, -0.15) is 0 Å². The summed E-state index contributed by atoms with van der Waals surface area (Å²) in [6.07, 6.45) is 0.212. The summed E-state index contributed by atoms with van der Waals surface area (Å²) >= 11 is 0. The van der Waals surface area contributed by atoms with E-state index in [1.807, 2.05) is 37.3 Å². The summed E-state index contributed by atoms with van der Waals surface area (Å²) in [4.78, 5) is 26.9. The van der Waals surface area contributed by atoms with Gasteiger partial charge in [0.15, 0.2) is 0 Å². The van der Waals surface area contributed by atoms with Crippen molar-refractivity contribution in [2.45, 2.75) is 19.4 Å². The van der Waals surface area contributed by atoms with Crippen LogP contribution in [0.25, 0.3) is 0 Å². The number of amides is 2. The summed E-state index contributed by atoms with van der Waals surface area (Å²) in [5.74, 6) is 0.606. The lowest BCUT2D eigenvalue weighted by molar-refractivity contribution is -0.129. The van der Waals surface area contributed by atoms with E-state index in [-0.39, 0.29) is 30.2 Å². The van der Waals surface area contributed by atoms with Crippen LogP contribution in [0.5, 0.6) is 11.5 Å². The summed E-state index contributed by atoms with van der Waals surface area (Å²) in [6, 6.07) is 15.0. The fourth-order valence-corrected chi connectivity index (χ4v) is 3.32. The molecule has 2 amide bonds. The predicted octanol–water partition coefficient (Wildman–Crippen LogP) is 3.25. The van der Waals surface area contributed by atoms with Crippen LogP contribution in [0.4, 0.5) is 5.69 Å². The highest BCUT2D eigenvalue weighted by molar-refractivity contribution is 5.97. The Hall–Kier alpha value is -3.02. The third-order valence-corrected chi connectivity index (χ3v) is 4.90. The third kappa shape index (κ3) is 4.22. The zero-order valence-electron chi connectivity index (χ0n) is 15.8. The minimum atomic E-state index is -0.388. The molecule has 0 radical (unpaired) electrons. The van der Waals surface area contributed by atoms with Crippen LogP contribution in [-0.4, -0.2) is 37.5 Å². The first-order chi connectivity index (χ1) is 13.0. The monoisotopic (exact) mass is 368 g/mol. The van der Waals surface area contributed by atoms with E-state index in [2.05, 4.69) is 5.32 Å². The first-order valence-electron chi connectivity index (χ1n) is 8.90. The van der Waals surface area contributed by atoms with Gasteiger partial charge in [-0.3, -0.25) is 9.59 Å². The highest BCUT2D eigenvalue weighted by Gasteiger charge is 2.37. The largest absolute Gasteiger partial charge is 0.497 e. The maximum atomic E-state index is 12.7. The Morgan fingerprint density at radius 1 is 1.11 bits per heavy atom. The zero-order chi connectivity index (χ0) is 19.4. The van der Waals surface area contributed by atoms with Crippen molar-refractivity contribution in [3.63, 3.8) is 0 Å². The number of carbonyl (C=O) groups excluding carboxylic acids is 2. The van der Waals surface area contributed by atoms with Gasteiger partial charge < -0.3 is 19.7 Å². The number of ether oxygens (including phenoxy) is 2. The summed E-state index contributed by atoms with van der Waals surface area (Å²) in [5.41, 5.74) is 1.64. The van der Waals surface area contributed by atoms with E-state index in [1.165, 1.54) is 0 Å². The van der Waals surface area contributed by atoms with Gasteiger partial charge in [-0.25, -0.2) is 0 Å². The second-order valence-corrected chi connectivity index (χ2v) is 6.62. The van der Waals surface area contributed by atoms with Crippen molar-refractivity contribution >= 4 is 17.5 Å². The minimum Gasteiger partial charge on any atom is -0.497 e. The molecule has 0 spiro atoms. The maximum Gasteiger partial charge on any atom is 0.229 e. The summed E-state index contributed by atoms with van der Waals surface area (Å²) in [6.45, 7) is 2.39. The van der Waals surface area contributed by atoms with E-state index >= 15 is 0 Å². The average molecular weight is 368 g/mol. The fourth-order valence-electron chi connectivity index (χ4n) is 3.32. The van der Waals surface area contributed by atoms with Gasteiger partial charge in [-0.05, 0) is 12.5 Å².